The van der Waals surface area contributed by atoms with Gasteiger partial charge in [0.2, 0.25) is 5.91 Å². The molecule has 0 saturated heterocycles. The molecule has 0 fully saturated rings. The summed E-state index contributed by atoms with van der Waals surface area (Å²) < 4.78 is 5.32. The molecule has 0 aliphatic heterocycles. The van der Waals surface area contributed by atoms with Gasteiger partial charge in [-0.1, -0.05) is 25.1 Å². The number of nitrogens with two attached hydrogens (primary N) is 1. The number of methoxy groups -OCH3 is 1. The van der Waals surface area contributed by atoms with Crippen LogP contribution in [0.2, 0.25) is 0 Å². The van der Waals surface area contributed by atoms with E-state index in [-0.39, 0.29) is 11.9 Å². The van der Waals surface area contributed by atoms with E-state index in [1.807, 2.05) is 38.1 Å². The van der Waals surface area contributed by atoms with Crippen molar-refractivity contribution in [3.05, 3.63) is 29.8 Å². The molecule has 0 radical (unpaired) electrons. The van der Waals surface area contributed by atoms with Crippen LogP contribution in [-0.2, 0) is 11.2 Å². The molecule has 2 atom stereocenters. The van der Waals surface area contributed by atoms with Crippen LogP contribution in [0.1, 0.15) is 32.8 Å². The van der Waals surface area contributed by atoms with Crippen LogP contribution in [0.5, 0.6) is 5.75 Å². The van der Waals surface area contributed by atoms with Crippen LogP contribution in [0, 0.1) is 0 Å². The van der Waals surface area contributed by atoms with E-state index in [1.54, 1.807) is 7.11 Å². The van der Waals surface area contributed by atoms with Crippen molar-refractivity contribution in [1.29, 1.82) is 0 Å². The van der Waals surface area contributed by atoms with Crippen LogP contribution in [0.4, 0.5) is 0 Å². The molecule has 0 aliphatic carbocycles. The SMILES string of the molecule is CCC(C)NC(C)(Cc1ccccc1OC)C(N)=O. The van der Waals surface area contributed by atoms with Gasteiger partial charge in [-0.05, 0) is 31.9 Å². The molecule has 19 heavy (non-hydrogen) atoms. The van der Waals surface area contributed by atoms with Crippen molar-refractivity contribution in [2.45, 2.75) is 45.2 Å². The maximum Gasteiger partial charge on any atom is 0.237 e. The quantitative estimate of drug-likeness (QED) is 0.790. The first-order valence-corrected chi connectivity index (χ1v) is 6.62. The van der Waals surface area contributed by atoms with Crippen LogP contribution < -0.4 is 15.8 Å². The van der Waals surface area contributed by atoms with Gasteiger partial charge < -0.3 is 15.8 Å². The van der Waals surface area contributed by atoms with E-state index in [4.69, 9.17) is 10.5 Å². The zero-order valence-electron chi connectivity index (χ0n) is 12.2. The Bertz CT molecular complexity index is 434. The monoisotopic (exact) mass is 264 g/mol. The van der Waals surface area contributed by atoms with E-state index in [0.29, 0.717) is 6.42 Å². The number of carbonyl (C=O) groups is 1. The smallest absolute Gasteiger partial charge is 0.237 e. The molecule has 1 aromatic rings. The first-order chi connectivity index (χ1) is 8.92. The van der Waals surface area contributed by atoms with Gasteiger partial charge >= 0.3 is 0 Å². The fourth-order valence-electron chi connectivity index (χ4n) is 2.09. The number of amides is 1. The topological polar surface area (TPSA) is 64.3 Å². The van der Waals surface area contributed by atoms with Gasteiger partial charge in [-0.15, -0.1) is 0 Å². The zero-order valence-corrected chi connectivity index (χ0v) is 12.2. The van der Waals surface area contributed by atoms with Gasteiger partial charge in [-0.25, -0.2) is 0 Å². The van der Waals surface area contributed by atoms with Crippen molar-refractivity contribution in [2.75, 3.05) is 7.11 Å². The minimum atomic E-state index is -0.774. The Morgan fingerprint density at radius 2 is 2.11 bits per heavy atom. The van der Waals surface area contributed by atoms with Crippen LogP contribution >= 0.6 is 0 Å². The van der Waals surface area contributed by atoms with Gasteiger partial charge in [0.15, 0.2) is 0 Å². The molecule has 1 aromatic carbocycles. The number of para-hydroxylation sites is 1. The Kier molecular flexibility index (Phi) is 5.36. The predicted molar refractivity (Wildman–Crippen MR) is 77.2 cm³/mol. The summed E-state index contributed by atoms with van der Waals surface area (Å²) >= 11 is 0. The van der Waals surface area contributed by atoms with Gasteiger partial charge in [0.05, 0.1) is 12.6 Å². The molecule has 3 N–H and O–H groups in total. The number of hydrogen-bond donors (Lipinski definition) is 2. The van der Waals surface area contributed by atoms with Crippen molar-refractivity contribution in [2.24, 2.45) is 5.73 Å². The summed E-state index contributed by atoms with van der Waals surface area (Å²) in [4.78, 5) is 11.8. The summed E-state index contributed by atoms with van der Waals surface area (Å²) in [6.07, 6.45) is 1.45. The Hall–Kier alpha value is -1.55. The lowest BCUT2D eigenvalue weighted by molar-refractivity contribution is -0.124. The average Bonchev–Trinajstić information content (AvgIpc) is 2.38. The molecule has 4 heteroatoms. The minimum absolute atomic E-state index is 0.229. The highest BCUT2D eigenvalue weighted by molar-refractivity contribution is 5.84. The third-order valence-electron chi connectivity index (χ3n) is 3.46. The highest BCUT2D eigenvalue weighted by Crippen LogP contribution is 2.23. The first kappa shape index (κ1) is 15.5. The van der Waals surface area contributed by atoms with E-state index in [1.165, 1.54) is 0 Å². The highest BCUT2D eigenvalue weighted by Gasteiger charge is 2.33. The van der Waals surface area contributed by atoms with E-state index in [2.05, 4.69) is 12.2 Å². The Morgan fingerprint density at radius 1 is 1.47 bits per heavy atom. The number of benzene rings is 1. The molecule has 1 rings (SSSR count). The van der Waals surface area contributed by atoms with Crippen molar-refractivity contribution in [3.63, 3.8) is 0 Å². The van der Waals surface area contributed by atoms with E-state index in [0.717, 1.165) is 17.7 Å². The summed E-state index contributed by atoms with van der Waals surface area (Å²) in [5.74, 6) is 0.430. The lowest BCUT2D eigenvalue weighted by Crippen LogP contribution is -2.57. The molecule has 0 aromatic heterocycles. The molecule has 2 unspecified atom stereocenters. The fourth-order valence-corrected chi connectivity index (χ4v) is 2.09. The van der Waals surface area contributed by atoms with Gasteiger partial charge in [-0.3, -0.25) is 4.79 Å². The number of carbonyl (C=O) groups excluding carboxylic acids is 1. The molecule has 0 heterocycles. The largest absolute Gasteiger partial charge is 0.496 e. The normalized spacial score (nSPS) is 15.6. The van der Waals surface area contributed by atoms with Crippen molar-refractivity contribution < 1.29 is 9.53 Å². The lowest BCUT2D eigenvalue weighted by atomic mass is 9.90. The van der Waals surface area contributed by atoms with E-state index >= 15 is 0 Å². The van der Waals surface area contributed by atoms with Gasteiger partial charge in [-0.2, -0.15) is 0 Å². The van der Waals surface area contributed by atoms with Crippen molar-refractivity contribution >= 4 is 5.91 Å². The molecular formula is C15H24N2O2. The summed E-state index contributed by atoms with van der Waals surface area (Å²) in [7, 11) is 1.63. The summed E-state index contributed by atoms with van der Waals surface area (Å²) in [6.45, 7) is 5.96. The second-order valence-electron chi connectivity index (χ2n) is 5.14. The van der Waals surface area contributed by atoms with E-state index < -0.39 is 5.54 Å². The molecular weight excluding hydrogens is 240 g/mol. The third kappa shape index (κ3) is 3.96. The minimum Gasteiger partial charge on any atom is -0.496 e. The van der Waals surface area contributed by atoms with Gasteiger partial charge in [0, 0.05) is 12.5 Å². The molecule has 106 valence electrons. The summed E-state index contributed by atoms with van der Waals surface area (Å²) in [5, 5.41) is 3.31. The Balaban J connectivity index is 2.98. The predicted octanol–water partition coefficient (Wildman–Crippen LogP) is 1.87. The number of rotatable bonds is 7. The maximum atomic E-state index is 11.8. The number of hydrogen-bond acceptors (Lipinski definition) is 3. The van der Waals surface area contributed by atoms with Gasteiger partial charge in [0.1, 0.15) is 5.75 Å². The molecule has 4 nitrogen and oxygen atoms in total. The Labute approximate surface area is 115 Å². The van der Waals surface area contributed by atoms with Crippen molar-refractivity contribution in [1.82, 2.24) is 5.32 Å². The fraction of sp³-hybridized carbons (Fsp3) is 0.533. The second-order valence-corrected chi connectivity index (χ2v) is 5.14. The van der Waals surface area contributed by atoms with Crippen LogP contribution in [-0.4, -0.2) is 24.6 Å². The standard InChI is InChI=1S/C15H24N2O2/c1-5-11(2)17-15(3,14(16)18)10-12-8-6-7-9-13(12)19-4/h6-9,11,17H,5,10H2,1-4H3,(H2,16,18). The number of primary amides is 1. The molecule has 0 aliphatic rings. The average molecular weight is 264 g/mol. The zero-order chi connectivity index (χ0) is 14.5. The molecule has 1 amide bonds. The van der Waals surface area contributed by atoms with Crippen LogP contribution in [0.15, 0.2) is 24.3 Å². The van der Waals surface area contributed by atoms with Crippen LogP contribution in [0.3, 0.4) is 0 Å². The molecule has 0 saturated carbocycles. The second kappa shape index (κ2) is 6.57. The maximum absolute atomic E-state index is 11.8. The van der Waals surface area contributed by atoms with Gasteiger partial charge in [0.25, 0.3) is 0 Å². The lowest BCUT2D eigenvalue weighted by Gasteiger charge is -2.31. The molecule has 0 spiro atoms. The number of nitrogens with one attached hydrogen (secondary N) is 1. The van der Waals surface area contributed by atoms with Crippen molar-refractivity contribution in [3.8, 4) is 5.75 Å². The van der Waals surface area contributed by atoms with E-state index in [9.17, 15) is 4.79 Å². The summed E-state index contributed by atoms with van der Waals surface area (Å²) in [5.41, 5.74) is 5.77. The Morgan fingerprint density at radius 3 is 2.63 bits per heavy atom. The number of ether oxygens (including phenoxy) is 1. The highest BCUT2D eigenvalue weighted by atomic mass is 16.5. The first-order valence-electron chi connectivity index (χ1n) is 6.62. The summed E-state index contributed by atoms with van der Waals surface area (Å²) in [6, 6.07) is 7.92. The molecule has 0 bridgehead atoms. The van der Waals surface area contributed by atoms with Crippen LogP contribution in [0.25, 0.3) is 0 Å². The third-order valence-corrected chi connectivity index (χ3v) is 3.46.